The Morgan fingerprint density at radius 2 is 1.61 bits per heavy atom. The highest BCUT2D eigenvalue weighted by atomic mass is 79.9. The molecule has 0 fully saturated rings. The first-order valence-corrected chi connectivity index (χ1v) is 9.13. The zero-order valence-corrected chi connectivity index (χ0v) is 15.2. The second-order valence-corrected chi connectivity index (χ2v) is 7.82. The molecular formula is C16H17BrN2O3S. The summed E-state index contributed by atoms with van der Waals surface area (Å²) >= 11 is 3.27. The minimum atomic E-state index is -3.63. The first-order valence-electron chi connectivity index (χ1n) is 6.85. The van der Waals surface area contributed by atoms with Gasteiger partial charge in [-0.1, -0.05) is 28.1 Å². The van der Waals surface area contributed by atoms with Gasteiger partial charge in [-0.3, -0.25) is 9.52 Å². The van der Waals surface area contributed by atoms with Gasteiger partial charge in [0.15, 0.2) is 0 Å². The molecule has 0 aliphatic carbocycles. The van der Waals surface area contributed by atoms with Crippen LogP contribution in [0.15, 0.2) is 57.9 Å². The Morgan fingerprint density at radius 3 is 2.13 bits per heavy atom. The van der Waals surface area contributed by atoms with E-state index >= 15 is 0 Å². The normalized spacial score (nSPS) is 11.1. The van der Waals surface area contributed by atoms with Gasteiger partial charge in [-0.25, -0.2) is 8.42 Å². The van der Waals surface area contributed by atoms with Crippen molar-refractivity contribution in [2.75, 3.05) is 18.8 Å². The first kappa shape index (κ1) is 17.5. The van der Waals surface area contributed by atoms with E-state index in [0.29, 0.717) is 5.69 Å². The second-order valence-electron chi connectivity index (χ2n) is 5.22. The van der Waals surface area contributed by atoms with Gasteiger partial charge in [0.1, 0.15) is 0 Å². The van der Waals surface area contributed by atoms with Gasteiger partial charge >= 0.3 is 0 Å². The SMILES string of the molecule is CN(C)C(=O)Cc1ccc(NS(=O)(=O)c2ccc(Br)cc2)cc1. The zero-order valence-electron chi connectivity index (χ0n) is 12.8. The van der Waals surface area contributed by atoms with Crippen LogP contribution in [0.25, 0.3) is 0 Å². The summed E-state index contributed by atoms with van der Waals surface area (Å²) in [7, 11) is -0.231. The number of carbonyl (C=O) groups is 1. The molecular weight excluding hydrogens is 380 g/mol. The molecule has 0 saturated carbocycles. The van der Waals surface area contributed by atoms with Crippen molar-refractivity contribution in [3.8, 4) is 0 Å². The number of anilines is 1. The average Bonchev–Trinajstić information content (AvgIpc) is 2.49. The van der Waals surface area contributed by atoms with Gasteiger partial charge in [0, 0.05) is 24.3 Å². The van der Waals surface area contributed by atoms with E-state index < -0.39 is 10.0 Å². The molecule has 0 aliphatic rings. The fourth-order valence-corrected chi connectivity index (χ4v) is 3.17. The Bertz CT molecular complexity index is 785. The molecule has 23 heavy (non-hydrogen) atoms. The van der Waals surface area contributed by atoms with Gasteiger partial charge in [0.2, 0.25) is 5.91 Å². The molecule has 0 spiro atoms. The minimum Gasteiger partial charge on any atom is -0.349 e. The average molecular weight is 397 g/mol. The number of sulfonamides is 1. The fourth-order valence-electron chi connectivity index (χ4n) is 1.85. The van der Waals surface area contributed by atoms with Crippen LogP contribution in [0.5, 0.6) is 0 Å². The topological polar surface area (TPSA) is 66.5 Å². The molecule has 0 unspecified atom stereocenters. The van der Waals surface area contributed by atoms with E-state index in [1.807, 2.05) is 0 Å². The predicted octanol–water partition coefficient (Wildman–Crippen LogP) is 2.88. The Balaban J connectivity index is 2.11. The van der Waals surface area contributed by atoms with Crippen LogP contribution in [0.3, 0.4) is 0 Å². The van der Waals surface area contributed by atoms with Crippen molar-refractivity contribution >= 4 is 37.5 Å². The summed E-state index contributed by atoms with van der Waals surface area (Å²) < 4.78 is 27.9. The van der Waals surface area contributed by atoms with E-state index in [0.717, 1.165) is 10.0 Å². The number of nitrogens with zero attached hydrogens (tertiary/aromatic N) is 1. The van der Waals surface area contributed by atoms with E-state index in [1.165, 1.54) is 17.0 Å². The summed E-state index contributed by atoms with van der Waals surface area (Å²) in [5.74, 6) is -0.00630. The maximum Gasteiger partial charge on any atom is 0.261 e. The smallest absolute Gasteiger partial charge is 0.261 e. The van der Waals surface area contributed by atoms with E-state index in [-0.39, 0.29) is 17.2 Å². The number of likely N-dealkylation sites (N-methyl/N-ethyl adjacent to an activating group) is 1. The molecule has 1 N–H and O–H groups in total. The molecule has 1 amide bonds. The number of halogens is 1. The summed E-state index contributed by atoms with van der Waals surface area (Å²) in [5, 5.41) is 0. The lowest BCUT2D eigenvalue weighted by molar-refractivity contribution is -0.127. The molecule has 7 heteroatoms. The Morgan fingerprint density at radius 1 is 1.04 bits per heavy atom. The van der Waals surface area contributed by atoms with Crippen molar-refractivity contribution in [2.24, 2.45) is 0 Å². The fraction of sp³-hybridized carbons (Fsp3) is 0.188. The maximum absolute atomic E-state index is 12.3. The summed E-state index contributed by atoms with van der Waals surface area (Å²) in [6.45, 7) is 0. The number of hydrogen-bond donors (Lipinski definition) is 1. The summed E-state index contributed by atoms with van der Waals surface area (Å²) in [5.41, 5.74) is 1.28. The van der Waals surface area contributed by atoms with Crippen LogP contribution in [-0.4, -0.2) is 33.3 Å². The molecule has 5 nitrogen and oxygen atoms in total. The number of carbonyl (C=O) groups excluding carboxylic acids is 1. The molecule has 0 saturated heterocycles. The Labute approximate surface area is 144 Å². The lowest BCUT2D eigenvalue weighted by Crippen LogP contribution is -2.23. The van der Waals surface area contributed by atoms with Crippen LogP contribution in [0.4, 0.5) is 5.69 Å². The third-order valence-electron chi connectivity index (χ3n) is 3.18. The number of amides is 1. The van der Waals surface area contributed by atoms with Crippen molar-refractivity contribution in [1.29, 1.82) is 0 Å². The molecule has 0 atom stereocenters. The molecule has 0 heterocycles. The first-order chi connectivity index (χ1) is 10.8. The van der Waals surface area contributed by atoms with Gasteiger partial charge in [-0.05, 0) is 42.0 Å². The third-order valence-corrected chi connectivity index (χ3v) is 5.11. The van der Waals surface area contributed by atoms with Crippen molar-refractivity contribution in [3.63, 3.8) is 0 Å². The van der Waals surface area contributed by atoms with Crippen molar-refractivity contribution in [1.82, 2.24) is 4.90 Å². The van der Waals surface area contributed by atoms with Crippen molar-refractivity contribution in [3.05, 3.63) is 58.6 Å². The highest BCUT2D eigenvalue weighted by Crippen LogP contribution is 2.19. The number of rotatable bonds is 5. The van der Waals surface area contributed by atoms with Crippen LogP contribution in [0, 0.1) is 0 Å². The maximum atomic E-state index is 12.3. The molecule has 0 aromatic heterocycles. The van der Waals surface area contributed by atoms with Crippen LogP contribution in [-0.2, 0) is 21.2 Å². The standard InChI is InChI=1S/C16H17BrN2O3S/c1-19(2)16(20)11-12-3-7-14(8-4-12)18-23(21,22)15-9-5-13(17)6-10-15/h3-10,18H,11H2,1-2H3. The summed E-state index contributed by atoms with van der Waals surface area (Å²) in [4.78, 5) is 13.4. The second kappa shape index (κ2) is 7.14. The van der Waals surface area contributed by atoms with E-state index in [9.17, 15) is 13.2 Å². The lowest BCUT2D eigenvalue weighted by atomic mass is 10.1. The molecule has 2 aromatic rings. The highest BCUT2D eigenvalue weighted by molar-refractivity contribution is 9.10. The molecule has 2 rings (SSSR count). The highest BCUT2D eigenvalue weighted by Gasteiger charge is 2.14. The largest absolute Gasteiger partial charge is 0.349 e. The number of benzene rings is 2. The summed E-state index contributed by atoms with van der Waals surface area (Å²) in [6.07, 6.45) is 0.284. The number of hydrogen-bond acceptors (Lipinski definition) is 3. The summed E-state index contributed by atoms with van der Waals surface area (Å²) in [6, 6.07) is 13.2. The minimum absolute atomic E-state index is 0.00630. The molecule has 0 aliphatic heterocycles. The zero-order chi connectivity index (χ0) is 17.0. The Kier molecular flexibility index (Phi) is 5.43. The molecule has 0 bridgehead atoms. The Hall–Kier alpha value is -1.86. The van der Waals surface area contributed by atoms with Crippen LogP contribution in [0.2, 0.25) is 0 Å². The van der Waals surface area contributed by atoms with E-state index in [2.05, 4.69) is 20.7 Å². The third kappa shape index (κ3) is 4.80. The molecule has 122 valence electrons. The van der Waals surface area contributed by atoms with Gasteiger partial charge in [0.05, 0.1) is 11.3 Å². The molecule has 2 aromatic carbocycles. The van der Waals surface area contributed by atoms with Gasteiger partial charge < -0.3 is 4.90 Å². The van der Waals surface area contributed by atoms with E-state index in [1.54, 1.807) is 50.5 Å². The quantitative estimate of drug-likeness (QED) is 0.844. The predicted molar refractivity (Wildman–Crippen MR) is 93.8 cm³/mol. The van der Waals surface area contributed by atoms with Crippen LogP contribution >= 0.6 is 15.9 Å². The van der Waals surface area contributed by atoms with Crippen LogP contribution in [0.1, 0.15) is 5.56 Å². The van der Waals surface area contributed by atoms with Gasteiger partial charge in [-0.2, -0.15) is 0 Å². The molecule has 0 radical (unpaired) electrons. The van der Waals surface area contributed by atoms with Gasteiger partial charge in [-0.15, -0.1) is 0 Å². The number of nitrogens with one attached hydrogen (secondary N) is 1. The monoisotopic (exact) mass is 396 g/mol. The van der Waals surface area contributed by atoms with Crippen LogP contribution < -0.4 is 4.72 Å². The van der Waals surface area contributed by atoms with Crippen molar-refractivity contribution < 1.29 is 13.2 Å². The van der Waals surface area contributed by atoms with E-state index in [4.69, 9.17) is 0 Å². The van der Waals surface area contributed by atoms with Crippen molar-refractivity contribution in [2.45, 2.75) is 11.3 Å². The lowest BCUT2D eigenvalue weighted by Gasteiger charge is -2.11. The van der Waals surface area contributed by atoms with Gasteiger partial charge in [0.25, 0.3) is 10.0 Å².